The van der Waals surface area contributed by atoms with Crippen molar-refractivity contribution in [2.45, 2.75) is 38.5 Å². The summed E-state index contributed by atoms with van der Waals surface area (Å²) < 4.78 is 2.41. The molecule has 0 N–H and O–H groups in total. The van der Waals surface area contributed by atoms with E-state index in [0.717, 1.165) is 28.3 Å². The van der Waals surface area contributed by atoms with Gasteiger partial charge in [-0.3, -0.25) is 0 Å². The second kappa shape index (κ2) is 15.2. The number of para-hydroxylation sites is 4. The van der Waals surface area contributed by atoms with Gasteiger partial charge in [0.25, 0.3) is 0 Å². The molecule has 0 atom stereocenters. The smallest absolute Gasteiger partial charge is 0.0547 e. The molecule has 0 aliphatic heterocycles. The number of anilines is 3. The fraction of sp³-hybridized carbons (Fsp3) is 0.0909. The van der Waals surface area contributed by atoms with Crippen LogP contribution in [0.15, 0.2) is 231 Å². The van der Waals surface area contributed by atoms with Gasteiger partial charge in [0.15, 0.2) is 0 Å². The highest BCUT2D eigenvalue weighted by Crippen LogP contribution is 2.55. The molecule has 0 fully saturated rings. The van der Waals surface area contributed by atoms with Crippen LogP contribution in [0.2, 0.25) is 0 Å². The summed E-state index contributed by atoms with van der Waals surface area (Å²) in [6.07, 6.45) is 0. The van der Waals surface area contributed by atoms with Crippen molar-refractivity contribution < 1.29 is 0 Å². The fourth-order valence-electron chi connectivity index (χ4n) is 11.9. The highest BCUT2D eigenvalue weighted by Gasteiger charge is 2.38. The standard InChI is InChI=1S/C66H50N2/c1-65(2)57-31-14-9-28-55(57)64-54(29-19-32-58(64)65)52-27-12-17-35-62(52)68(60-33-15-10-24-48(60)45-37-38-50-49-25-8-13-30-56(49)66(3,4)59(50)41-45)47-23-18-20-43(40-47)44-36-39-53-51-26-11-16-34-61(51)67(63(53)42-44)46-21-6-5-7-22-46/h5-42H,1-4H3. The molecule has 0 saturated carbocycles. The maximum atomic E-state index is 2.52. The molecular weight excluding hydrogens is 821 g/mol. The third kappa shape index (κ3) is 5.97. The van der Waals surface area contributed by atoms with Crippen molar-refractivity contribution >= 4 is 38.9 Å². The SMILES string of the molecule is CC1(C)c2ccccc2-c2ccc(-c3ccccc3N(c3cccc(-c4ccc5c6ccccc6n(-c6ccccc6)c5c4)c3)c3ccccc3-c3cccc4c3-c3ccccc3C4(C)C)cc21. The van der Waals surface area contributed by atoms with Gasteiger partial charge in [-0.15, -0.1) is 0 Å². The van der Waals surface area contributed by atoms with E-state index in [1.807, 2.05) is 0 Å². The highest BCUT2D eigenvalue weighted by atomic mass is 15.1. The van der Waals surface area contributed by atoms with Gasteiger partial charge in [-0.05, 0) is 121 Å². The van der Waals surface area contributed by atoms with Crippen molar-refractivity contribution in [1.29, 1.82) is 0 Å². The number of aromatic nitrogens is 1. The van der Waals surface area contributed by atoms with Crippen molar-refractivity contribution in [2.75, 3.05) is 4.90 Å². The van der Waals surface area contributed by atoms with Crippen LogP contribution in [0, 0.1) is 0 Å². The van der Waals surface area contributed by atoms with Crippen LogP contribution in [-0.2, 0) is 10.8 Å². The van der Waals surface area contributed by atoms with Gasteiger partial charge in [-0.2, -0.15) is 0 Å². The van der Waals surface area contributed by atoms with Crippen LogP contribution in [0.1, 0.15) is 49.9 Å². The van der Waals surface area contributed by atoms with Gasteiger partial charge in [0.1, 0.15) is 0 Å². The maximum Gasteiger partial charge on any atom is 0.0547 e. The zero-order valence-corrected chi connectivity index (χ0v) is 38.8. The Morgan fingerprint density at radius 2 is 0.868 bits per heavy atom. The summed E-state index contributed by atoms with van der Waals surface area (Å²) in [5.74, 6) is 0. The lowest BCUT2D eigenvalue weighted by Crippen LogP contribution is -2.15. The van der Waals surface area contributed by atoms with Gasteiger partial charge in [0, 0.05) is 44.1 Å². The van der Waals surface area contributed by atoms with Crippen LogP contribution in [0.5, 0.6) is 0 Å². The van der Waals surface area contributed by atoms with Crippen LogP contribution in [0.25, 0.3) is 83.1 Å². The largest absolute Gasteiger partial charge is 0.309 e. The Hall–Kier alpha value is -8.20. The fourth-order valence-corrected chi connectivity index (χ4v) is 11.9. The first kappa shape index (κ1) is 40.1. The number of nitrogens with zero attached hydrogens (tertiary/aromatic N) is 2. The highest BCUT2D eigenvalue weighted by molar-refractivity contribution is 6.10. The molecule has 11 aromatic rings. The van der Waals surface area contributed by atoms with E-state index in [0.29, 0.717) is 0 Å². The van der Waals surface area contributed by atoms with Crippen molar-refractivity contribution in [1.82, 2.24) is 4.57 Å². The Bertz CT molecular complexity index is 3810. The quantitative estimate of drug-likeness (QED) is 0.155. The van der Waals surface area contributed by atoms with E-state index in [2.05, 4.69) is 268 Å². The Balaban J connectivity index is 1.03. The molecule has 2 aliphatic carbocycles. The first-order valence-corrected chi connectivity index (χ1v) is 23.9. The van der Waals surface area contributed by atoms with E-state index >= 15 is 0 Å². The Kier molecular flexibility index (Phi) is 8.95. The molecule has 13 rings (SSSR count). The van der Waals surface area contributed by atoms with Crippen LogP contribution in [0.4, 0.5) is 17.1 Å². The first-order chi connectivity index (χ1) is 33.3. The lowest BCUT2D eigenvalue weighted by Gasteiger charge is -2.31. The van der Waals surface area contributed by atoms with Crippen molar-refractivity contribution in [2.24, 2.45) is 0 Å². The second-order valence-electron chi connectivity index (χ2n) is 19.7. The van der Waals surface area contributed by atoms with Crippen LogP contribution in [-0.4, -0.2) is 4.57 Å². The molecular formula is C66H50N2. The lowest BCUT2D eigenvalue weighted by molar-refractivity contribution is 0.660. The van der Waals surface area contributed by atoms with Crippen LogP contribution < -0.4 is 4.90 Å². The minimum Gasteiger partial charge on any atom is -0.309 e. The van der Waals surface area contributed by atoms with E-state index < -0.39 is 0 Å². The number of hydrogen-bond acceptors (Lipinski definition) is 1. The van der Waals surface area contributed by atoms with Crippen LogP contribution >= 0.6 is 0 Å². The topological polar surface area (TPSA) is 8.17 Å². The maximum absolute atomic E-state index is 2.52. The predicted octanol–water partition coefficient (Wildman–Crippen LogP) is 17.9. The molecule has 1 heterocycles. The van der Waals surface area contributed by atoms with Gasteiger partial charge in [0.05, 0.1) is 22.4 Å². The summed E-state index contributed by atoms with van der Waals surface area (Å²) in [5.41, 5.74) is 24.6. The van der Waals surface area contributed by atoms with Crippen molar-refractivity contribution in [3.05, 3.63) is 253 Å². The summed E-state index contributed by atoms with van der Waals surface area (Å²) in [4.78, 5) is 2.52. The van der Waals surface area contributed by atoms with E-state index in [-0.39, 0.29) is 10.8 Å². The Labute approximate surface area is 399 Å². The third-order valence-electron chi connectivity index (χ3n) is 15.2. The van der Waals surface area contributed by atoms with E-state index in [9.17, 15) is 0 Å². The predicted molar refractivity (Wildman–Crippen MR) is 287 cm³/mol. The molecule has 0 amide bonds. The molecule has 324 valence electrons. The molecule has 0 bridgehead atoms. The van der Waals surface area contributed by atoms with E-state index in [4.69, 9.17) is 0 Å². The average molecular weight is 871 g/mol. The zero-order valence-electron chi connectivity index (χ0n) is 38.8. The molecule has 68 heavy (non-hydrogen) atoms. The van der Waals surface area contributed by atoms with Crippen molar-refractivity contribution in [3.8, 4) is 61.3 Å². The Morgan fingerprint density at radius 3 is 1.68 bits per heavy atom. The molecule has 0 saturated heterocycles. The Morgan fingerprint density at radius 1 is 0.324 bits per heavy atom. The molecule has 0 radical (unpaired) electrons. The second-order valence-corrected chi connectivity index (χ2v) is 19.7. The van der Waals surface area contributed by atoms with Gasteiger partial charge in [-0.25, -0.2) is 0 Å². The summed E-state index contributed by atoms with van der Waals surface area (Å²) in [6, 6.07) is 85.7. The number of benzene rings is 10. The molecule has 2 nitrogen and oxygen atoms in total. The molecule has 10 aromatic carbocycles. The zero-order chi connectivity index (χ0) is 45.7. The van der Waals surface area contributed by atoms with E-state index in [1.54, 1.807) is 0 Å². The summed E-state index contributed by atoms with van der Waals surface area (Å²) in [5, 5.41) is 2.50. The number of hydrogen-bond donors (Lipinski definition) is 0. The van der Waals surface area contributed by atoms with Crippen molar-refractivity contribution in [3.63, 3.8) is 0 Å². The lowest BCUT2D eigenvalue weighted by atomic mass is 9.81. The van der Waals surface area contributed by atoms with Crippen LogP contribution in [0.3, 0.4) is 0 Å². The number of rotatable bonds is 7. The third-order valence-corrected chi connectivity index (χ3v) is 15.2. The first-order valence-electron chi connectivity index (χ1n) is 23.9. The molecule has 2 aliphatic rings. The van der Waals surface area contributed by atoms with Gasteiger partial charge < -0.3 is 9.47 Å². The minimum atomic E-state index is -0.122. The van der Waals surface area contributed by atoms with Gasteiger partial charge >= 0.3 is 0 Å². The van der Waals surface area contributed by atoms with Gasteiger partial charge in [0.2, 0.25) is 0 Å². The summed E-state index contributed by atoms with van der Waals surface area (Å²) in [6.45, 7) is 9.48. The monoisotopic (exact) mass is 870 g/mol. The number of fused-ring (bicyclic) bond motifs is 9. The average Bonchev–Trinajstić information content (AvgIpc) is 3.93. The molecule has 1 aromatic heterocycles. The molecule has 0 unspecified atom stereocenters. The molecule has 2 heteroatoms. The summed E-state index contributed by atoms with van der Waals surface area (Å²) in [7, 11) is 0. The normalized spacial score (nSPS) is 13.8. The summed E-state index contributed by atoms with van der Waals surface area (Å²) >= 11 is 0. The minimum absolute atomic E-state index is 0.119. The van der Waals surface area contributed by atoms with Gasteiger partial charge in [-0.1, -0.05) is 204 Å². The molecule has 0 spiro atoms. The van der Waals surface area contributed by atoms with E-state index in [1.165, 1.54) is 94.1 Å².